The van der Waals surface area contributed by atoms with Gasteiger partial charge in [-0.3, -0.25) is 37.3 Å². The quantitative estimate of drug-likeness (QED) is 0.0304. The Kier molecular flexibility index (Phi) is 19.3. The fourth-order valence-electron chi connectivity index (χ4n) is 5.98. The summed E-state index contributed by atoms with van der Waals surface area (Å²) in [6, 6.07) is 0. The molecule has 2 aromatic heterocycles. The number of carbonyl (C=O) groups is 4. The van der Waals surface area contributed by atoms with Crippen molar-refractivity contribution in [2.24, 2.45) is 5.41 Å². The molecule has 12 atom stereocenters. The lowest BCUT2D eigenvalue weighted by Crippen LogP contribution is -2.48. The number of nitrogens with two attached hydrogens (primary N) is 1. The number of amides is 2. The summed E-state index contributed by atoms with van der Waals surface area (Å²) in [5.41, 5.74) is 4.17. The molecule has 2 saturated heterocycles. The molecular formula is C32H52N7O22P3S. The van der Waals surface area contributed by atoms with Gasteiger partial charge in [-0.1, -0.05) is 25.6 Å². The molecule has 33 heteroatoms. The average molecular weight is 1010 g/mol. The Morgan fingerprint density at radius 1 is 1.00 bits per heavy atom. The zero-order valence-electron chi connectivity index (χ0n) is 35.0. The molecule has 2 aliphatic heterocycles. The van der Waals surface area contributed by atoms with Crippen LogP contribution in [0.2, 0.25) is 0 Å². The molecule has 2 aromatic rings. The number of carbonyl (C=O) groups excluding carboxylic acids is 4. The molecule has 0 aliphatic carbocycles. The predicted molar refractivity (Wildman–Crippen MR) is 218 cm³/mol. The van der Waals surface area contributed by atoms with Crippen molar-refractivity contribution in [1.29, 1.82) is 0 Å². The molecule has 0 saturated carbocycles. The van der Waals surface area contributed by atoms with Crippen LogP contribution in [-0.4, -0.2) is 169 Å². The van der Waals surface area contributed by atoms with E-state index in [-0.39, 0.29) is 48.7 Å². The molecule has 368 valence electrons. The maximum Gasteiger partial charge on any atom is 0.481 e. The summed E-state index contributed by atoms with van der Waals surface area (Å²) in [5.74, 6) is -2.13. The normalized spacial score (nSPS) is 26.8. The van der Waals surface area contributed by atoms with Crippen molar-refractivity contribution in [1.82, 2.24) is 30.2 Å². The largest absolute Gasteiger partial charge is 0.481 e. The van der Waals surface area contributed by atoms with Crippen molar-refractivity contribution >= 4 is 74.9 Å². The van der Waals surface area contributed by atoms with Crippen LogP contribution in [0.25, 0.3) is 11.2 Å². The lowest BCUT2D eigenvalue weighted by atomic mass is 9.87. The number of hydrogen-bond acceptors (Lipinski definition) is 23. The Morgan fingerprint density at radius 2 is 1.68 bits per heavy atom. The predicted octanol–water partition coefficient (Wildman–Crippen LogP) is -2.11. The number of anilines is 1. The van der Waals surface area contributed by atoms with Crippen molar-refractivity contribution in [2.75, 3.05) is 37.8 Å². The molecule has 0 aromatic carbocycles. The molecule has 0 spiro atoms. The highest BCUT2D eigenvalue weighted by Gasteiger charge is 2.50. The number of rotatable bonds is 24. The van der Waals surface area contributed by atoms with E-state index in [1.54, 1.807) is 6.92 Å². The lowest BCUT2D eigenvalue weighted by Gasteiger charge is -2.36. The van der Waals surface area contributed by atoms with E-state index in [9.17, 15) is 72.9 Å². The molecule has 2 fully saturated rings. The Bertz CT molecular complexity index is 2150. The fourth-order valence-corrected chi connectivity index (χ4v) is 9.48. The number of nitrogen functional groups attached to an aromatic ring is 1. The average Bonchev–Trinajstić information content (AvgIpc) is 3.76. The number of aliphatic hydroxyl groups is 4. The number of nitrogens with zero attached hydrogens (tertiary/aromatic N) is 4. The summed E-state index contributed by atoms with van der Waals surface area (Å²) in [4.78, 5) is 101. The molecule has 4 heterocycles. The number of aliphatic hydroxyl groups excluding tert-OH is 4. The zero-order valence-corrected chi connectivity index (χ0v) is 38.5. The van der Waals surface area contributed by atoms with E-state index in [4.69, 9.17) is 29.0 Å². The van der Waals surface area contributed by atoms with Gasteiger partial charge in [0.25, 0.3) is 0 Å². The molecule has 29 nitrogen and oxygen atoms in total. The standard InChI is InChI=1S/C32H52N7O22P3S/c1-15-17(40)9-19(42)31(57-15)58-16(2)18(41)10-22(44)65-8-7-34-21(43)5-6-35-29(47)26(46)32(3,4)12-56-64(53,54)61-63(51,52)55-11-20-25(60-62(48,49)50)24(45)30(59-20)39-14-38-23-27(33)36-13-37-28(23)39/h13-17,19-20,24-26,30-31,40,42,45-46H,5-12H2,1-4H3,(H,34,43)(H,35,47)(H,51,52)(H,53,54)(H2,33,36,37)(H2,48,49,50)/t15-,16+,17+,19+,20+,24+,25+,26-,30+,31-/m0/s1. The van der Waals surface area contributed by atoms with Gasteiger partial charge in [-0.15, -0.1) is 0 Å². The number of fused-ring (bicyclic) bond motifs is 1. The van der Waals surface area contributed by atoms with E-state index < -0.39 is 133 Å². The van der Waals surface area contributed by atoms with Crippen LogP contribution in [0.1, 0.15) is 53.2 Å². The minimum atomic E-state index is -5.61. The van der Waals surface area contributed by atoms with E-state index in [0.29, 0.717) is 0 Å². The second-order valence-electron chi connectivity index (χ2n) is 15.3. The van der Waals surface area contributed by atoms with E-state index in [1.807, 2.05) is 0 Å². The van der Waals surface area contributed by atoms with Gasteiger partial charge >= 0.3 is 23.5 Å². The smallest absolute Gasteiger partial charge is 0.390 e. The Hall–Kier alpha value is -2.93. The molecule has 2 amide bonds. The van der Waals surface area contributed by atoms with Crippen LogP contribution in [0.15, 0.2) is 12.7 Å². The molecule has 2 aliphatic rings. The highest BCUT2D eigenvalue weighted by atomic mass is 32.2. The molecule has 0 radical (unpaired) electrons. The maximum atomic E-state index is 12.7. The monoisotopic (exact) mass is 1010 g/mol. The van der Waals surface area contributed by atoms with Crippen LogP contribution in [-0.2, 0) is 65.0 Å². The van der Waals surface area contributed by atoms with Crippen LogP contribution in [0, 0.1) is 5.41 Å². The molecule has 65 heavy (non-hydrogen) atoms. The van der Waals surface area contributed by atoms with Gasteiger partial charge < -0.3 is 70.6 Å². The number of phosphoric ester groups is 3. The first kappa shape index (κ1) is 54.7. The molecule has 12 N–H and O–H groups in total. The summed E-state index contributed by atoms with van der Waals surface area (Å²) in [5, 5.41) is 45.6. The summed E-state index contributed by atoms with van der Waals surface area (Å²) >= 11 is 0.773. The number of phosphoric acid groups is 3. The van der Waals surface area contributed by atoms with Gasteiger partial charge in [0.05, 0.1) is 38.2 Å². The Labute approximate surface area is 373 Å². The van der Waals surface area contributed by atoms with Crippen molar-refractivity contribution in [3.8, 4) is 0 Å². The first-order valence-electron chi connectivity index (χ1n) is 19.3. The summed E-state index contributed by atoms with van der Waals surface area (Å²) in [7, 11) is -16.5. The van der Waals surface area contributed by atoms with E-state index in [2.05, 4.69) is 34.4 Å². The number of ketones is 1. The Morgan fingerprint density at radius 3 is 2.35 bits per heavy atom. The Balaban J connectivity index is 1.16. The van der Waals surface area contributed by atoms with Gasteiger partial charge in [-0.25, -0.2) is 28.6 Å². The van der Waals surface area contributed by atoms with Crippen molar-refractivity contribution < 1.29 is 105 Å². The number of nitrogens with one attached hydrogen (secondary N) is 2. The van der Waals surface area contributed by atoms with Crippen molar-refractivity contribution in [3.05, 3.63) is 12.7 Å². The van der Waals surface area contributed by atoms with Crippen molar-refractivity contribution in [3.63, 3.8) is 0 Å². The SMILES string of the molecule is C[C@@H]1O[C@@H](O[C@H](C)C(=O)CC(=O)SCCNC(=O)CCNC(=O)[C@H](O)C(C)(C)COP(=O)(O)OP(=O)(O)OC[C@H]2O[C@@H](n3cnc4c(N)ncnc43)[C@H](O)[C@@H]2OP(=O)(O)O)[C@H](O)C[C@H]1O. The summed E-state index contributed by atoms with van der Waals surface area (Å²) < 4.78 is 73.0. The van der Waals surface area contributed by atoms with Gasteiger partial charge in [-0.05, 0) is 13.8 Å². The van der Waals surface area contributed by atoms with Crippen molar-refractivity contribution in [2.45, 2.75) is 108 Å². The molecule has 0 bridgehead atoms. The van der Waals surface area contributed by atoms with Gasteiger partial charge in [0.15, 0.2) is 34.9 Å². The number of Topliss-reactive ketones (excluding diaryl/α,β-unsaturated/α-hetero) is 1. The molecule has 2 unspecified atom stereocenters. The van der Waals surface area contributed by atoms with Crippen LogP contribution >= 0.6 is 35.2 Å². The first-order valence-corrected chi connectivity index (χ1v) is 24.8. The van der Waals surface area contributed by atoms with E-state index in [1.165, 1.54) is 20.8 Å². The second kappa shape index (κ2) is 22.9. The van der Waals surface area contributed by atoms with Gasteiger partial charge in [-0.2, -0.15) is 4.31 Å². The molecule has 4 rings (SSSR count). The third kappa shape index (κ3) is 16.1. The zero-order chi connectivity index (χ0) is 48.7. The lowest BCUT2D eigenvalue weighted by molar-refractivity contribution is -0.270. The second-order valence-corrected chi connectivity index (χ2v) is 20.7. The third-order valence-electron chi connectivity index (χ3n) is 9.56. The minimum Gasteiger partial charge on any atom is -0.390 e. The van der Waals surface area contributed by atoms with Gasteiger partial charge in [0.1, 0.15) is 48.5 Å². The van der Waals surface area contributed by atoms with E-state index >= 15 is 0 Å². The topological polar surface area (TPSA) is 440 Å². The number of hydrogen-bond donors (Lipinski definition) is 11. The molecular weight excluding hydrogens is 959 g/mol. The summed E-state index contributed by atoms with van der Waals surface area (Å²) in [6.45, 7) is 3.03. The summed E-state index contributed by atoms with van der Waals surface area (Å²) in [6.07, 6.45) is -12.6. The fraction of sp³-hybridized carbons (Fsp3) is 0.719. The highest BCUT2D eigenvalue weighted by molar-refractivity contribution is 8.13. The first-order chi connectivity index (χ1) is 30.1. The van der Waals surface area contributed by atoms with Gasteiger partial charge in [0, 0.05) is 37.1 Å². The maximum absolute atomic E-state index is 12.7. The minimum absolute atomic E-state index is 0.00641. The number of thioether (sulfide) groups is 1. The van der Waals surface area contributed by atoms with Crippen LogP contribution in [0.4, 0.5) is 5.82 Å². The van der Waals surface area contributed by atoms with Crippen LogP contribution < -0.4 is 16.4 Å². The van der Waals surface area contributed by atoms with Crippen LogP contribution in [0.3, 0.4) is 0 Å². The number of ether oxygens (including phenoxy) is 3. The highest BCUT2D eigenvalue weighted by Crippen LogP contribution is 2.61. The van der Waals surface area contributed by atoms with E-state index in [0.717, 1.165) is 29.0 Å². The van der Waals surface area contributed by atoms with Gasteiger partial charge in [0.2, 0.25) is 11.8 Å². The third-order valence-corrected chi connectivity index (χ3v) is 13.5. The number of imidazole rings is 1. The van der Waals surface area contributed by atoms with Crippen LogP contribution in [0.5, 0.6) is 0 Å². The number of aromatic nitrogens is 4.